The first kappa shape index (κ1) is 5.97. The lowest BCUT2D eigenvalue weighted by molar-refractivity contribution is 0.438. The van der Waals surface area contributed by atoms with Crippen molar-refractivity contribution in [1.29, 1.82) is 0 Å². The van der Waals surface area contributed by atoms with Gasteiger partial charge in [0.15, 0.2) is 5.76 Å². The summed E-state index contributed by atoms with van der Waals surface area (Å²) in [6.07, 6.45) is 5.33. The predicted molar refractivity (Wildman–Crippen MR) is 36.8 cm³/mol. The normalized spacial score (nSPS) is 23.7. The topological polar surface area (TPSA) is 20.2 Å². The maximum atomic E-state index is 8.84. The molecule has 0 aromatic carbocycles. The summed E-state index contributed by atoms with van der Waals surface area (Å²) in [5.41, 5.74) is 0. The van der Waals surface area contributed by atoms with Crippen LogP contribution in [0.3, 0.4) is 0 Å². The van der Waals surface area contributed by atoms with Crippen LogP contribution in [0.1, 0.15) is 6.92 Å². The zero-order valence-electron chi connectivity index (χ0n) is 5.26. The van der Waals surface area contributed by atoms with Crippen LogP contribution in [-0.4, -0.2) is 5.11 Å². The molecule has 0 radical (unpaired) electrons. The van der Waals surface area contributed by atoms with Gasteiger partial charge in [-0.25, -0.2) is 0 Å². The van der Waals surface area contributed by atoms with Crippen LogP contribution in [0.25, 0.3) is 0 Å². The quantitative estimate of drug-likeness (QED) is 0.482. The molecule has 1 unspecified atom stereocenters. The Balaban J connectivity index is 2.83. The maximum absolute atomic E-state index is 8.84. The molecule has 0 spiro atoms. The molecule has 1 rings (SSSR count). The van der Waals surface area contributed by atoms with Gasteiger partial charge in [0.1, 0.15) is 0 Å². The van der Waals surface area contributed by atoms with Gasteiger partial charge < -0.3 is 5.11 Å². The van der Waals surface area contributed by atoms with Crippen molar-refractivity contribution in [2.24, 2.45) is 5.92 Å². The predicted octanol–water partition coefficient (Wildman–Crippen LogP) is 1.64. The van der Waals surface area contributed by atoms with E-state index in [0.717, 1.165) is 0 Å². The monoisotopic (exact) mass is 120 g/mol. The molecule has 0 fully saturated rings. The Morgan fingerprint density at radius 1 is 1.67 bits per heavy atom. The number of aliphatic hydroxyl groups excluding tert-OH is 1. The summed E-state index contributed by atoms with van der Waals surface area (Å²) < 4.78 is 0. The molecule has 0 aromatic heterocycles. The summed E-state index contributed by atoms with van der Waals surface area (Å²) >= 11 is 0. The Morgan fingerprint density at radius 2 is 2.44 bits per heavy atom. The molecular weight excluding hydrogens is 112 g/mol. The molecule has 0 saturated carbocycles. The lowest BCUT2D eigenvalue weighted by Gasteiger charge is -1.86. The van der Waals surface area contributed by atoms with Crippen LogP contribution >= 0.6 is 0 Å². The highest BCUT2D eigenvalue weighted by Gasteiger charge is 1.91. The van der Waals surface area contributed by atoms with Gasteiger partial charge in [-0.15, -0.1) is 0 Å². The number of aliphatic hydroxyl groups is 1. The zero-order chi connectivity index (χ0) is 6.69. The van der Waals surface area contributed by atoms with E-state index >= 15 is 0 Å². The van der Waals surface area contributed by atoms with Crippen molar-refractivity contribution in [3.05, 3.63) is 24.0 Å². The molecule has 1 nitrogen and oxygen atoms in total. The highest BCUT2D eigenvalue weighted by atomic mass is 16.3. The molecule has 0 saturated heterocycles. The highest BCUT2D eigenvalue weighted by molar-refractivity contribution is 5.31. The lowest BCUT2D eigenvalue weighted by atomic mass is 10.2. The van der Waals surface area contributed by atoms with Crippen molar-refractivity contribution < 1.29 is 5.11 Å². The average Bonchev–Trinajstić information content (AvgIpc) is 1.97. The SMILES string of the molecule is CC1C#CC(O)=CC=C1. The Kier molecular flexibility index (Phi) is 1.60. The number of allylic oxidation sites excluding steroid dienone is 4. The van der Waals surface area contributed by atoms with Crippen molar-refractivity contribution in [1.82, 2.24) is 0 Å². The number of rotatable bonds is 0. The van der Waals surface area contributed by atoms with Crippen molar-refractivity contribution in [2.75, 3.05) is 0 Å². The Hall–Kier alpha value is -1.16. The summed E-state index contributed by atoms with van der Waals surface area (Å²) in [4.78, 5) is 0. The minimum absolute atomic E-state index is 0.149. The van der Waals surface area contributed by atoms with Gasteiger partial charge in [0.2, 0.25) is 0 Å². The van der Waals surface area contributed by atoms with Gasteiger partial charge in [0, 0.05) is 5.92 Å². The van der Waals surface area contributed by atoms with E-state index in [9.17, 15) is 0 Å². The fraction of sp³-hybridized carbons (Fsp3) is 0.250. The number of hydrogen-bond acceptors (Lipinski definition) is 1. The molecule has 1 aliphatic rings. The summed E-state index contributed by atoms with van der Waals surface area (Å²) in [7, 11) is 0. The van der Waals surface area contributed by atoms with E-state index in [1.54, 1.807) is 12.2 Å². The Morgan fingerprint density at radius 3 is 3.22 bits per heavy atom. The van der Waals surface area contributed by atoms with E-state index < -0.39 is 0 Å². The van der Waals surface area contributed by atoms with Crippen LogP contribution in [0, 0.1) is 17.8 Å². The first-order chi connectivity index (χ1) is 4.29. The van der Waals surface area contributed by atoms with Crippen LogP contribution in [-0.2, 0) is 0 Å². The van der Waals surface area contributed by atoms with E-state index in [1.165, 1.54) is 0 Å². The lowest BCUT2D eigenvalue weighted by Crippen LogP contribution is -1.79. The molecule has 1 atom stereocenters. The molecular formula is C8H8O. The molecule has 0 amide bonds. The van der Waals surface area contributed by atoms with E-state index in [4.69, 9.17) is 5.11 Å². The molecule has 46 valence electrons. The van der Waals surface area contributed by atoms with Gasteiger partial charge in [-0.2, -0.15) is 0 Å². The third kappa shape index (κ3) is 1.65. The van der Waals surface area contributed by atoms with E-state index in [2.05, 4.69) is 11.8 Å². The van der Waals surface area contributed by atoms with Crippen molar-refractivity contribution in [3.63, 3.8) is 0 Å². The van der Waals surface area contributed by atoms with E-state index in [0.29, 0.717) is 0 Å². The van der Waals surface area contributed by atoms with Crippen molar-refractivity contribution in [3.8, 4) is 11.8 Å². The van der Waals surface area contributed by atoms with Gasteiger partial charge in [-0.1, -0.05) is 18.1 Å². The van der Waals surface area contributed by atoms with Crippen LogP contribution in [0.15, 0.2) is 24.0 Å². The third-order valence-electron chi connectivity index (χ3n) is 1.08. The van der Waals surface area contributed by atoms with Gasteiger partial charge in [-0.05, 0) is 18.9 Å². The third-order valence-corrected chi connectivity index (χ3v) is 1.08. The second-order valence-electron chi connectivity index (χ2n) is 1.99. The van der Waals surface area contributed by atoms with Crippen LogP contribution in [0.4, 0.5) is 0 Å². The van der Waals surface area contributed by atoms with E-state index in [1.807, 2.05) is 13.0 Å². The molecule has 0 aliphatic heterocycles. The van der Waals surface area contributed by atoms with Gasteiger partial charge in [-0.3, -0.25) is 0 Å². The summed E-state index contributed by atoms with van der Waals surface area (Å²) in [5, 5.41) is 8.84. The highest BCUT2D eigenvalue weighted by Crippen LogP contribution is 2.00. The molecule has 1 heteroatoms. The van der Waals surface area contributed by atoms with Gasteiger partial charge in [0.05, 0.1) is 0 Å². The number of hydrogen-bond donors (Lipinski definition) is 1. The second-order valence-corrected chi connectivity index (χ2v) is 1.99. The fourth-order valence-corrected chi connectivity index (χ4v) is 0.591. The van der Waals surface area contributed by atoms with Crippen molar-refractivity contribution in [2.45, 2.75) is 6.92 Å². The van der Waals surface area contributed by atoms with Crippen LogP contribution < -0.4 is 0 Å². The molecule has 0 bridgehead atoms. The second kappa shape index (κ2) is 2.41. The van der Waals surface area contributed by atoms with Crippen LogP contribution in [0.5, 0.6) is 0 Å². The summed E-state index contributed by atoms with van der Waals surface area (Å²) in [6, 6.07) is 0. The minimum atomic E-state index is 0.149. The Bertz CT molecular complexity index is 212. The summed E-state index contributed by atoms with van der Waals surface area (Å²) in [6.45, 7) is 1.98. The molecule has 1 N–H and O–H groups in total. The first-order valence-corrected chi connectivity index (χ1v) is 2.88. The molecule has 9 heavy (non-hydrogen) atoms. The average molecular weight is 120 g/mol. The molecule has 1 aliphatic carbocycles. The maximum Gasteiger partial charge on any atom is 0.167 e. The van der Waals surface area contributed by atoms with Gasteiger partial charge in [0.25, 0.3) is 0 Å². The largest absolute Gasteiger partial charge is 0.501 e. The van der Waals surface area contributed by atoms with Gasteiger partial charge >= 0.3 is 0 Å². The zero-order valence-corrected chi connectivity index (χ0v) is 5.26. The Labute approximate surface area is 54.7 Å². The van der Waals surface area contributed by atoms with E-state index in [-0.39, 0.29) is 11.7 Å². The smallest absolute Gasteiger partial charge is 0.167 e. The fourth-order valence-electron chi connectivity index (χ4n) is 0.591. The summed E-state index contributed by atoms with van der Waals surface area (Å²) in [5.74, 6) is 5.84. The van der Waals surface area contributed by atoms with Crippen molar-refractivity contribution >= 4 is 0 Å². The molecule has 0 aromatic rings. The van der Waals surface area contributed by atoms with Crippen LogP contribution in [0.2, 0.25) is 0 Å². The minimum Gasteiger partial charge on any atom is -0.501 e. The molecule has 0 heterocycles. The first-order valence-electron chi connectivity index (χ1n) is 2.88. The standard InChI is InChI=1S/C8H8O/c1-7-3-2-4-8(9)6-5-7/h2-4,7,9H,1H3.